The first-order chi connectivity index (χ1) is 15.3. The lowest BCUT2D eigenvalue weighted by Gasteiger charge is -2.27. The molecule has 0 heterocycles. The topological polar surface area (TPSA) is 235 Å². The van der Waals surface area contributed by atoms with E-state index in [1.54, 1.807) is 13.8 Å². The molecule has 0 fully saturated rings. The summed E-state index contributed by atoms with van der Waals surface area (Å²) in [6.07, 6.45) is 0.814. The number of carboxylic acid groups (broad SMARTS) is 1. The fourth-order valence-corrected chi connectivity index (χ4v) is 2.90. The molecule has 13 nitrogen and oxygen atoms in total. The van der Waals surface area contributed by atoms with E-state index in [1.807, 2.05) is 13.8 Å². The van der Waals surface area contributed by atoms with Crippen molar-refractivity contribution in [3.05, 3.63) is 0 Å². The first-order valence-electron chi connectivity index (χ1n) is 10.9. The van der Waals surface area contributed by atoms with Crippen molar-refractivity contribution in [2.45, 2.75) is 71.1 Å². The predicted octanol–water partition coefficient (Wildman–Crippen LogP) is -2.40. The van der Waals surface area contributed by atoms with Gasteiger partial charge in [-0.2, -0.15) is 0 Å². The molecular formula is C20H39N7O6. The Balaban J connectivity index is 5.44. The van der Waals surface area contributed by atoms with Crippen LogP contribution in [0.4, 0.5) is 0 Å². The van der Waals surface area contributed by atoms with Gasteiger partial charge in [-0.3, -0.25) is 19.4 Å². The highest BCUT2D eigenvalue weighted by Crippen LogP contribution is 2.08. The lowest BCUT2D eigenvalue weighted by molar-refractivity contribution is -0.143. The molecule has 0 bridgehead atoms. The molecule has 0 aromatic carbocycles. The van der Waals surface area contributed by atoms with Crippen LogP contribution in [-0.2, 0) is 19.2 Å². The minimum Gasteiger partial charge on any atom is -0.480 e. The zero-order valence-electron chi connectivity index (χ0n) is 19.7. The molecule has 3 amide bonds. The first kappa shape index (κ1) is 30.1. The maximum Gasteiger partial charge on any atom is 0.328 e. The molecule has 0 saturated heterocycles. The molecule has 0 radical (unpaired) electrons. The van der Waals surface area contributed by atoms with Gasteiger partial charge in [0.15, 0.2) is 5.96 Å². The quantitative estimate of drug-likeness (QED) is 0.0717. The molecule has 0 rings (SSSR count). The molecule has 0 spiro atoms. The van der Waals surface area contributed by atoms with E-state index in [9.17, 15) is 24.3 Å². The number of carboxylic acids is 1. The van der Waals surface area contributed by atoms with E-state index in [1.165, 1.54) is 0 Å². The van der Waals surface area contributed by atoms with Crippen molar-refractivity contribution in [2.24, 2.45) is 34.0 Å². The molecule has 0 aliphatic rings. The van der Waals surface area contributed by atoms with Gasteiger partial charge < -0.3 is 43.4 Å². The Kier molecular flexibility index (Phi) is 13.7. The van der Waals surface area contributed by atoms with Gasteiger partial charge in [0.05, 0.1) is 12.6 Å². The highest BCUT2D eigenvalue weighted by atomic mass is 16.4. The number of aliphatic imine (C=N–C) groups is 1. The van der Waals surface area contributed by atoms with Crippen LogP contribution in [0, 0.1) is 11.8 Å². The molecule has 0 aliphatic heterocycles. The molecule has 0 aromatic heterocycles. The normalized spacial score (nSPS) is 14.7. The molecule has 0 aliphatic carbocycles. The van der Waals surface area contributed by atoms with Crippen molar-refractivity contribution in [1.29, 1.82) is 0 Å². The summed E-state index contributed by atoms with van der Waals surface area (Å²) in [7, 11) is 0. The number of aliphatic carboxylic acids is 1. The number of amides is 3. The van der Waals surface area contributed by atoms with Gasteiger partial charge in [-0.05, 0) is 31.1 Å². The maximum atomic E-state index is 12.9. The summed E-state index contributed by atoms with van der Waals surface area (Å²) >= 11 is 0. The smallest absolute Gasteiger partial charge is 0.328 e. The second-order valence-electron chi connectivity index (χ2n) is 8.56. The van der Waals surface area contributed by atoms with Crippen LogP contribution in [0.25, 0.3) is 0 Å². The number of carbonyl (C=O) groups is 4. The van der Waals surface area contributed by atoms with Crippen LogP contribution >= 0.6 is 0 Å². The van der Waals surface area contributed by atoms with Gasteiger partial charge in [-0.25, -0.2) is 4.79 Å². The summed E-state index contributed by atoms with van der Waals surface area (Å²) in [6, 6.07) is -4.46. The highest BCUT2D eigenvalue weighted by molar-refractivity contribution is 5.94. The zero-order chi connectivity index (χ0) is 25.7. The van der Waals surface area contributed by atoms with Gasteiger partial charge in [0.25, 0.3) is 0 Å². The number of hydrogen-bond donors (Lipinski definition) is 8. The summed E-state index contributed by atoms with van der Waals surface area (Å²) in [6.45, 7) is 6.63. The Bertz CT molecular complexity index is 694. The minimum atomic E-state index is -1.54. The van der Waals surface area contributed by atoms with Crippen molar-refractivity contribution in [3.63, 3.8) is 0 Å². The fourth-order valence-electron chi connectivity index (χ4n) is 2.90. The number of guanidine groups is 1. The van der Waals surface area contributed by atoms with Crippen LogP contribution in [0.1, 0.15) is 47.0 Å². The van der Waals surface area contributed by atoms with Gasteiger partial charge in [-0.1, -0.05) is 27.7 Å². The van der Waals surface area contributed by atoms with Crippen LogP contribution in [-0.4, -0.2) is 77.2 Å². The number of aliphatic hydroxyl groups is 1. The lowest BCUT2D eigenvalue weighted by atomic mass is 9.99. The molecule has 4 atom stereocenters. The maximum absolute atomic E-state index is 12.9. The number of nitrogens with zero attached hydrogens (tertiary/aromatic N) is 1. The molecule has 13 heteroatoms. The standard InChI is InChI=1S/C20H39N7O6/c1-10(2)8-12(21)16(29)27-15(11(3)4)18(31)25-13(6-5-7-24-20(22)23)17(30)26-14(9-28)19(32)33/h10-15,28H,5-9,21H2,1-4H3,(H,25,31)(H,26,30)(H,27,29)(H,32,33)(H4,22,23,24). The average Bonchev–Trinajstić information content (AvgIpc) is 2.70. The minimum absolute atomic E-state index is 0.0811. The van der Waals surface area contributed by atoms with Crippen LogP contribution in [0.5, 0.6) is 0 Å². The van der Waals surface area contributed by atoms with E-state index in [2.05, 4.69) is 20.9 Å². The summed E-state index contributed by atoms with van der Waals surface area (Å²) in [4.78, 5) is 52.9. The number of aliphatic hydroxyl groups excluding tert-OH is 1. The number of carbonyl (C=O) groups excluding carboxylic acids is 3. The Labute approximate surface area is 193 Å². The van der Waals surface area contributed by atoms with Crippen LogP contribution < -0.4 is 33.2 Å². The fraction of sp³-hybridized carbons (Fsp3) is 0.750. The average molecular weight is 474 g/mol. The van der Waals surface area contributed by atoms with E-state index in [-0.39, 0.29) is 30.8 Å². The molecular weight excluding hydrogens is 434 g/mol. The third-order valence-corrected chi connectivity index (χ3v) is 4.68. The second-order valence-corrected chi connectivity index (χ2v) is 8.56. The van der Waals surface area contributed by atoms with E-state index in [0.29, 0.717) is 12.8 Å². The molecule has 0 saturated carbocycles. The van der Waals surface area contributed by atoms with E-state index < -0.39 is 54.5 Å². The number of nitrogens with one attached hydrogen (secondary N) is 3. The van der Waals surface area contributed by atoms with Crippen LogP contribution in [0.3, 0.4) is 0 Å². The molecule has 190 valence electrons. The van der Waals surface area contributed by atoms with Crippen molar-refractivity contribution in [1.82, 2.24) is 16.0 Å². The highest BCUT2D eigenvalue weighted by Gasteiger charge is 2.31. The van der Waals surface area contributed by atoms with Gasteiger partial charge in [0.2, 0.25) is 17.7 Å². The number of hydrogen-bond acceptors (Lipinski definition) is 7. The van der Waals surface area contributed by atoms with Gasteiger partial charge in [0.1, 0.15) is 18.1 Å². The summed E-state index contributed by atoms with van der Waals surface area (Å²) < 4.78 is 0. The Morgan fingerprint density at radius 1 is 0.909 bits per heavy atom. The third-order valence-electron chi connectivity index (χ3n) is 4.68. The van der Waals surface area contributed by atoms with Crippen molar-refractivity contribution < 1.29 is 29.4 Å². The summed E-state index contributed by atoms with van der Waals surface area (Å²) in [5, 5.41) is 25.6. The SMILES string of the molecule is CC(C)CC(N)C(=O)NC(C(=O)NC(CCCN=C(N)N)C(=O)NC(CO)C(=O)O)C(C)C. The Morgan fingerprint density at radius 2 is 1.48 bits per heavy atom. The molecule has 0 aromatic rings. The van der Waals surface area contributed by atoms with Gasteiger partial charge >= 0.3 is 5.97 Å². The monoisotopic (exact) mass is 473 g/mol. The molecule has 11 N–H and O–H groups in total. The molecule has 33 heavy (non-hydrogen) atoms. The van der Waals surface area contributed by atoms with Crippen LogP contribution in [0.2, 0.25) is 0 Å². The lowest BCUT2D eigenvalue weighted by Crippen LogP contribution is -2.58. The van der Waals surface area contributed by atoms with Gasteiger partial charge in [0, 0.05) is 6.54 Å². The van der Waals surface area contributed by atoms with Crippen LogP contribution in [0.15, 0.2) is 4.99 Å². The van der Waals surface area contributed by atoms with E-state index in [4.69, 9.17) is 22.3 Å². The first-order valence-corrected chi connectivity index (χ1v) is 10.9. The van der Waals surface area contributed by atoms with Gasteiger partial charge in [-0.15, -0.1) is 0 Å². The van der Waals surface area contributed by atoms with Crippen molar-refractivity contribution >= 4 is 29.7 Å². The molecule has 4 unspecified atom stereocenters. The van der Waals surface area contributed by atoms with Crippen molar-refractivity contribution in [3.8, 4) is 0 Å². The summed E-state index contributed by atoms with van der Waals surface area (Å²) in [5.74, 6) is -3.63. The summed E-state index contributed by atoms with van der Waals surface area (Å²) in [5.41, 5.74) is 16.5. The third kappa shape index (κ3) is 12.0. The van der Waals surface area contributed by atoms with E-state index >= 15 is 0 Å². The second kappa shape index (κ2) is 15.0. The largest absolute Gasteiger partial charge is 0.480 e. The number of rotatable bonds is 15. The van der Waals surface area contributed by atoms with Crippen molar-refractivity contribution in [2.75, 3.05) is 13.2 Å². The Hall–Kier alpha value is -2.93. The predicted molar refractivity (Wildman–Crippen MR) is 123 cm³/mol. The zero-order valence-corrected chi connectivity index (χ0v) is 19.7. The Morgan fingerprint density at radius 3 is 1.94 bits per heavy atom. The van der Waals surface area contributed by atoms with E-state index in [0.717, 1.165) is 0 Å². The number of nitrogens with two attached hydrogens (primary N) is 3.